The summed E-state index contributed by atoms with van der Waals surface area (Å²) in [6, 6.07) is 16.3. The fraction of sp³-hybridized carbons (Fsp3) is 0.292. The summed E-state index contributed by atoms with van der Waals surface area (Å²) < 4.78 is 11.1. The van der Waals surface area contributed by atoms with Crippen molar-refractivity contribution in [3.05, 3.63) is 87.8 Å². The molecule has 146 valence electrons. The number of methoxy groups -OCH3 is 1. The minimum absolute atomic E-state index is 0.156. The van der Waals surface area contributed by atoms with Gasteiger partial charge in [-0.2, -0.15) is 0 Å². The van der Waals surface area contributed by atoms with Gasteiger partial charge in [-0.1, -0.05) is 42.0 Å². The van der Waals surface area contributed by atoms with Crippen molar-refractivity contribution in [3.63, 3.8) is 0 Å². The van der Waals surface area contributed by atoms with Gasteiger partial charge in [0.1, 0.15) is 12.4 Å². The molecule has 4 nitrogen and oxygen atoms in total. The van der Waals surface area contributed by atoms with E-state index in [1.165, 1.54) is 12.7 Å². The van der Waals surface area contributed by atoms with Gasteiger partial charge in [-0.05, 0) is 56.5 Å². The van der Waals surface area contributed by atoms with Crippen LogP contribution in [0, 0.1) is 6.92 Å². The molecule has 0 bridgehead atoms. The number of esters is 1. The lowest BCUT2D eigenvalue weighted by molar-refractivity contribution is -0.136. The van der Waals surface area contributed by atoms with Crippen LogP contribution in [0.15, 0.2) is 71.1 Å². The van der Waals surface area contributed by atoms with E-state index in [1.807, 2.05) is 45.0 Å². The first-order valence-corrected chi connectivity index (χ1v) is 9.42. The molecule has 1 unspecified atom stereocenters. The Balaban J connectivity index is 1.89. The van der Waals surface area contributed by atoms with Crippen LogP contribution < -0.4 is 10.1 Å². The number of nitrogens with one attached hydrogen (secondary N) is 1. The van der Waals surface area contributed by atoms with E-state index in [9.17, 15) is 4.79 Å². The van der Waals surface area contributed by atoms with E-state index in [-0.39, 0.29) is 11.9 Å². The van der Waals surface area contributed by atoms with E-state index >= 15 is 0 Å². The van der Waals surface area contributed by atoms with E-state index in [0.29, 0.717) is 12.2 Å². The van der Waals surface area contributed by atoms with Gasteiger partial charge >= 0.3 is 5.97 Å². The first kappa shape index (κ1) is 19.7. The number of rotatable bonds is 5. The van der Waals surface area contributed by atoms with Gasteiger partial charge in [0.2, 0.25) is 0 Å². The summed E-state index contributed by atoms with van der Waals surface area (Å²) in [5, 5.41) is 3.29. The molecule has 1 heterocycles. The molecular formula is C24H27NO3. The van der Waals surface area contributed by atoms with Gasteiger partial charge in [-0.25, -0.2) is 4.79 Å². The Morgan fingerprint density at radius 3 is 2.39 bits per heavy atom. The molecule has 0 radical (unpaired) electrons. The topological polar surface area (TPSA) is 47.6 Å². The van der Waals surface area contributed by atoms with Gasteiger partial charge < -0.3 is 14.8 Å². The second kappa shape index (κ2) is 8.34. The summed E-state index contributed by atoms with van der Waals surface area (Å²) in [6.07, 6.45) is 0. The van der Waals surface area contributed by atoms with E-state index in [2.05, 4.69) is 36.5 Å². The van der Waals surface area contributed by atoms with Crippen molar-refractivity contribution in [2.45, 2.75) is 40.2 Å². The normalized spacial score (nSPS) is 16.7. The number of ether oxygens (including phenoxy) is 2. The van der Waals surface area contributed by atoms with Gasteiger partial charge in [0, 0.05) is 17.3 Å². The molecule has 2 aromatic rings. The van der Waals surface area contributed by atoms with Gasteiger partial charge in [-0.15, -0.1) is 0 Å². The van der Waals surface area contributed by atoms with Crippen LogP contribution in [0.5, 0.6) is 5.75 Å². The number of carbonyl (C=O) groups is 1. The standard InChI is InChI=1S/C24H27NO3/c1-15-9-11-19(12-10-15)14-28-21-8-6-7-20(13-21)22-16(2)17(3)25-18(4)23(22)24(26)27-5/h6-13,22,25H,14H2,1-5H3. The van der Waals surface area contributed by atoms with Gasteiger partial charge in [-0.3, -0.25) is 0 Å². The third kappa shape index (κ3) is 4.11. The molecule has 2 aromatic carbocycles. The Bertz CT molecular complexity index is 939. The van der Waals surface area contributed by atoms with Gasteiger partial charge in [0.15, 0.2) is 0 Å². The molecular weight excluding hydrogens is 350 g/mol. The molecule has 1 aliphatic heterocycles. The van der Waals surface area contributed by atoms with E-state index in [4.69, 9.17) is 9.47 Å². The van der Waals surface area contributed by atoms with Crippen molar-refractivity contribution in [2.75, 3.05) is 7.11 Å². The third-order valence-corrected chi connectivity index (χ3v) is 5.22. The lowest BCUT2D eigenvalue weighted by Gasteiger charge is -2.30. The van der Waals surface area contributed by atoms with Crippen molar-refractivity contribution >= 4 is 5.97 Å². The molecule has 4 heteroatoms. The zero-order valence-electron chi connectivity index (χ0n) is 17.1. The van der Waals surface area contributed by atoms with Crippen molar-refractivity contribution in [1.82, 2.24) is 5.32 Å². The number of hydrogen-bond donors (Lipinski definition) is 1. The average Bonchev–Trinajstić information content (AvgIpc) is 2.69. The molecule has 0 saturated heterocycles. The maximum absolute atomic E-state index is 12.5. The molecule has 0 fully saturated rings. The summed E-state index contributed by atoms with van der Waals surface area (Å²) in [7, 11) is 1.42. The Morgan fingerprint density at radius 1 is 1.00 bits per heavy atom. The number of dihydropyridines is 1. The zero-order chi connectivity index (χ0) is 20.3. The number of benzene rings is 2. The number of allylic oxidation sites excluding steroid dienone is 3. The van der Waals surface area contributed by atoms with Crippen LogP contribution in [0.2, 0.25) is 0 Å². The van der Waals surface area contributed by atoms with Crippen LogP contribution in [0.3, 0.4) is 0 Å². The van der Waals surface area contributed by atoms with E-state index in [0.717, 1.165) is 33.8 Å². The Kier molecular flexibility index (Phi) is 5.88. The Labute approximate surface area is 166 Å². The minimum atomic E-state index is -0.312. The fourth-order valence-corrected chi connectivity index (χ4v) is 3.53. The highest BCUT2D eigenvalue weighted by molar-refractivity contribution is 5.92. The molecule has 28 heavy (non-hydrogen) atoms. The highest BCUT2D eigenvalue weighted by Gasteiger charge is 2.31. The third-order valence-electron chi connectivity index (χ3n) is 5.22. The lowest BCUT2D eigenvalue weighted by atomic mass is 9.81. The van der Waals surface area contributed by atoms with Gasteiger partial charge in [0.25, 0.3) is 0 Å². The molecule has 3 rings (SSSR count). The highest BCUT2D eigenvalue weighted by atomic mass is 16.5. The average molecular weight is 377 g/mol. The predicted molar refractivity (Wildman–Crippen MR) is 111 cm³/mol. The number of carbonyl (C=O) groups excluding carboxylic acids is 1. The summed E-state index contributed by atoms with van der Waals surface area (Å²) >= 11 is 0. The zero-order valence-corrected chi connectivity index (χ0v) is 17.1. The lowest BCUT2D eigenvalue weighted by Crippen LogP contribution is -2.27. The number of aryl methyl sites for hydroxylation is 1. The van der Waals surface area contributed by atoms with Crippen LogP contribution in [0.1, 0.15) is 43.4 Å². The first-order chi connectivity index (χ1) is 13.4. The second-order valence-electron chi connectivity index (χ2n) is 7.24. The van der Waals surface area contributed by atoms with E-state index < -0.39 is 0 Å². The van der Waals surface area contributed by atoms with Crippen LogP contribution >= 0.6 is 0 Å². The van der Waals surface area contributed by atoms with Crippen molar-refractivity contribution in [1.29, 1.82) is 0 Å². The minimum Gasteiger partial charge on any atom is -0.489 e. The number of hydrogen-bond acceptors (Lipinski definition) is 4. The first-order valence-electron chi connectivity index (χ1n) is 9.42. The van der Waals surface area contributed by atoms with Crippen molar-refractivity contribution < 1.29 is 14.3 Å². The molecule has 0 amide bonds. The van der Waals surface area contributed by atoms with Crippen LogP contribution in [0.25, 0.3) is 0 Å². The second-order valence-corrected chi connectivity index (χ2v) is 7.24. The predicted octanol–water partition coefficient (Wildman–Crippen LogP) is 5.00. The molecule has 0 spiro atoms. The molecule has 1 N–H and O–H groups in total. The smallest absolute Gasteiger partial charge is 0.336 e. The van der Waals surface area contributed by atoms with Gasteiger partial charge in [0.05, 0.1) is 12.7 Å². The molecule has 1 aliphatic rings. The summed E-state index contributed by atoms with van der Waals surface area (Å²) in [5.74, 6) is 0.313. The SMILES string of the molecule is COC(=O)C1=C(C)NC(C)=C(C)C1c1cccc(OCc2ccc(C)cc2)c1. The Morgan fingerprint density at radius 2 is 1.71 bits per heavy atom. The molecule has 1 atom stereocenters. The maximum Gasteiger partial charge on any atom is 0.336 e. The van der Waals surface area contributed by atoms with E-state index in [1.54, 1.807) is 0 Å². The quantitative estimate of drug-likeness (QED) is 0.745. The Hall–Kier alpha value is -3.01. The van der Waals surface area contributed by atoms with Crippen LogP contribution in [0.4, 0.5) is 0 Å². The summed E-state index contributed by atoms with van der Waals surface area (Å²) in [4.78, 5) is 12.5. The largest absolute Gasteiger partial charge is 0.489 e. The molecule has 0 aromatic heterocycles. The summed E-state index contributed by atoms with van der Waals surface area (Å²) in [5.41, 5.74) is 6.98. The molecule has 0 aliphatic carbocycles. The maximum atomic E-state index is 12.5. The van der Waals surface area contributed by atoms with Crippen molar-refractivity contribution in [3.8, 4) is 5.75 Å². The highest BCUT2D eigenvalue weighted by Crippen LogP contribution is 2.39. The summed E-state index contributed by atoms with van der Waals surface area (Å²) in [6.45, 7) is 8.55. The van der Waals surface area contributed by atoms with Crippen LogP contribution in [-0.2, 0) is 16.1 Å². The molecule has 0 saturated carbocycles. The monoisotopic (exact) mass is 377 g/mol. The van der Waals surface area contributed by atoms with Crippen LogP contribution in [-0.4, -0.2) is 13.1 Å². The van der Waals surface area contributed by atoms with Crippen molar-refractivity contribution in [2.24, 2.45) is 0 Å². The fourth-order valence-electron chi connectivity index (χ4n) is 3.53.